The Labute approximate surface area is 124 Å². The van der Waals surface area contributed by atoms with Gasteiger partial charge in [0.05, 0.1) is 6.10 Å². The fourth-order valence-corrected chi connectivity index (χ4v) is 3.12. The summed E-state index contributed by atoms with van der Waals surface area (Å²) in [5, 5.41) is 15.7. The van der Waals surface area contributed by atoms with Crippen LogP contribution in [0, 0.1) is 0 Å². The standard InChI is InChI=1S/C16H12BrClO/c17-9-15(19)13-8-10-4-1-2-5-11(10)16-12(13)6-3-7-14(16)18/h1-8,15,19H,9H2/t15-/m1/s1. The van der Waals surface area contributed by atoms with Gasteiger partial charge in [-0.15, -0.1) is 0 Å². The summed E-state index contributed by atoms with van der Waals surface area (Å²) in [5.41, 5.74) is 0.910. The lowest BCUT2D eigenvalue weighted by molar-refractivity contribution is 0.207. The van der Waals surface area contributed by atoms with Crippen molar-refractivity contribution >= 4 is 49.1 Å². The van der Waals surface area contributed by atoms with Gasteiger partial charge >= 0.3 is 0 Å². The van der Waals surface area contributed by atoms with Gasteiger partial charge in [-0.3, -0.25) is 0 Å². The summed E-state index contributed by atoms with van der Waals surface area (Å²) < 4.78 is 0. The number of rotatable bonds is 2. The number of halogens is 2. The van der Waals surface area contributed by atoms with Crippen LogP contribution in [0.15, 0.2) is 48.5 Å². The molecule has 3 aromatic rings. The Balaban J connectivity index is 2.52. The van der Waals surface area contributed by atoms with Gasteiger partial charge in [-0.2, -0.15) is 0 Å². The maximum absolute atomic E-state index is 10.2. The average Bonchev–Trinajstić information content (AvgIpc) is 2.45. The zero-order chi connectivity index (χ0) is 13.4. The first-order valence-electron chi connectivity index (χ1n) is 6.06. The Bertz CT molecular complexity index is 754. The molecular weight excluding hydrogens is 324 g/mol. The number of hydrogen-bond donors (Lipinski definition) is 1. The largest absolute Gasteiger partial charge is 0.388 e. The third kappa shape index (κ3) is 2.14. The fraction of sp³-hybridized carbons (Fsp3) is 0.125. The van der Waals surface area contributed by atoms with Crippen molar-refractivity contribution in [3.63, 3.8) is 0 Å². The van der Waals surface area contributed by atoms with Gasteiger partial charge in [0, 0.05) is 15.7 Å². The van der Waals surface area contributed by atoms with Gasteiger partial charge in [0.15, 0.2) is 0 Å². The molecule has 0 heterocycles. The molecule has 0 aromatic heterocycles. The van der Waals surface area contributed by atoms with Crippen LogP contribution >= 0.6 is 27.5 Å². The number of hydrogen-bond acceptors (Lipinski definition) is 1. The Kier molecular flexibility index (Phi) is 3.48. The number of aliphatic hydroxyl groups is 1. The van der Waals surface area contributed by atoms with Crippen LogP contribution in [0.2, 0.25) is 5.02 Å². The molecule has 0 saturated carbocycles. The summed E-state index contributed by atoms with van der Waals surface area (Å²) in [5.74, 6) is 0. The first-order chi connectivity index (χ1) is 9.22. The molecule has 0 unspecified atom stereocenters. The Morgan fingerprint density at radius 3 is 2.58 bits per heavy atom. The van der Waals surface area contributed by atoms with Gasteiger partial charge in [-0.25, -0.2) is 0 Å². The van der Waals surface area contributed by atoms with E-state index < -0.39 is 6.10 Å². The minimum Gasteiger partial charge on any atom is -0.388 e. The van der Waals surface area contributed by atoms with Gasteiger partial charge in [-0.1, -0.05) is 63.9 Å². The second-order valence-electron chi connectivity index (χ2n) is 4.52. The second kappa shape index (κ2) is 5.12. The highest BCUT2D eigenvalue weighted by Gasteiger charge is 2.14. The van der Waals surface area contributed by atoms with Crippen molar-refractivity contribution < 1.29 is 5.11 Å². The zero-order valence-electron chi connectivity index (χ0n) is 10.1. The summed E-state index contributed by atoms with van der Waals surface area (Å²) >= 11 is 9.70. The maximum Gasteiger partial charge on any atom is 0.0893 e. The van der Waals surface area contributed by atoms with E-state index in [2.05, 4.69) is 22.0 Å². The van der Waals surface area contributed by atoms with Gasteiger partial charge < -0.3 is 5.11 Å². The zero-order valence-corrected chi connectivity index (χ0v) is 12.4. The molecule has 0 spiro atoms. The van der Waals surface area contributed by atoms with Gasteiger partial charge in [0.25, 0.3) is 0 Å². The van der Waals surface area contributed by atoms with E-state index in [1.165, 1.54) is 0 Å². The maximum atomic E-state index is 10.2. The normalized spacial score (nSPS) is 13.0. The Morgan fingerprint density at radius 1 is 1.05 bits per heavy atom. The van der Waals surface area contributed by atoms with E-state index in [1.807, 2.05) is 42.5 Å². The van der Waals surface area contributed by atoms with Crippen molar-refractivity contribution in [2.24, 2.45) is 0 Å². The van der Waals surface area contributed by atoms with E-state index in [4.69, 9.17) is 11.6 Å². The molecule has 0 aliphatic carbocycles. The Morgan fingerprint density at radius 2 is 1.79 bits per heavy atom. The molecule has 0 radical (unpaired) electrons. The van der Waals surface area contributed by atoms with Crippen molar-refractivity contribution in [1.82, 2.24) is 0 Å². The molecule has 0 aliphatic heterocycles. The molecule has 3 aromatic carbocycles. The van der Waals surface area contributed by atoms with Gasteiger partial charge in [0.2, 0.25) is 0 Å². The van der Waals surface area contributed by atoms with E-state index in [1.54, 1.807) is 0 Å². The lowest BCUT2D eigenvalue weighted by Gasteiger charge is -2.14. The van der Waals surface area contributed by atoms with Crippen molar-refractivity contribution in [3.05, 3.63) is 59.1 Å². The molecule has 0 fully saturated rings. The van der Waals surface area contributed by atoms with Gasteiger partial charge in [-0.05, 0) is 33.9 Å². The molecule has 1 atom stereocenters. The molecule has 96 valence electrons. The molecule has 0 aliphatic rings. The number of alkyl halides is 1. The minimum atomic E-state index is -0.537. The quantitative estimate of drug-likeness (QED) is 0.512. The SMILES string of the molecule is O[C@H](CBr)c1cc2ccccc2c2c(Cl)cccc12. The average molecular weight is 336 g/mol. The van der Waals surface area contributed by atoms with Gasteiger partial charge in [0.1, 0.15) is 0 Å². The van der Waals surface area contributed by atoms with Crippen LogP contribution in [0.5, 0.6) is 0 Å². The predicted molar refractivity (Wildman–Crippen MR) is 85.2 cm³/mol. The molecule has 0 bridgehead atoms. The molecule has 3 rings (SSSR count). The van der Waals surface area contributed by atoms with E-state index in [0.29, 0.717) is 5.33 Å². The topological polar surface area (TPSA) is 20.2 Å². The van der Waals surface area contributed by atoms with Crippen LogP contribution in [0.1, 0.15) is 11.7 Å². The summed E-state index contributed by atoms with van der Waals surface area (Å²) in [4.78, 5) is 0. The van der Waals surface area contributed by atoms with Crippen molar-refractivity contribution in [2.45, 2.75) is 6.10 Å². The van der Waals surface area contributed by atoms with Crippen LogP contribution in [0.4, 0.5) is 0 Å². The first kappa shape index (κ1) is 12.9. The second-order valence-corrected chi connectivity index (χ2v) is 5.57. The third-order valence-corrected chi connectivity index (χ3v) is 4.30. The van der Waals surface area contributed by atoms with Crippen LogP contribution in [0.3, 0.4) is 0 Å². The Hall–Kier alpha value is -1.09. The third-order valence-electron chi connectivity index (χ3n) is 3.37. The lowest BCUT2D eigenvalue weighted by atomic mass is 9.95. The molecule has 19 heavy (non-hydrogen) atoms. The predicted octanol–water partition coefficient (Wildman–Crippen LogP) is 5.07. The molecule has 0 saturated heterocycles. The number of fused-ring (bicyclic) bond motifs is 3. The molecule has 1 N–H and O–H groups in total. The van der Waals surface area contributed by atoms with Crippen LogP contribution in [-0.2, 0) is 0 Å². The minimum absolute atomic E-state index is 0.507. The number of benzene rings is 3. The van der Waals surface area contributed by atoms with Crippen LogP contribution < -0.4 is 0 Å². The lowest BCUT2D eigenvalue weighted by Crippen LogP contribution is -1.99. The number of aliphatic hydroxyl groups excluding tert-OH is 1. The van der Waals surface area contributed by atoms with Crippen molar-refractivity contribution in [2.75, 3.05) is 5.33 Å². The summed E-state index contributed by atoms with van der Waals surface area (Å²) in [6, 6.07) is 16.0. The highest BCUT2D eigenvalue weighted by molar-refractivity contribution is 9.09. The van der Waals surface area contributed by atoms with E-state index >= 15 is 0 Å². The van der Waals surface area contributed by atoms with Crippen molar-refractivity contribution in [3.8, 4) is 0 Å². The molecular formula is C16H12BrClO. The van der Waals surface area contributed by atoms with Crippen molar-refractivity contribution in [1.29, 1.82) is 0 Å². The highest BCUT2D eigenvalue weighted by Crippen LogP contribution is 2.36. The van der Waals surface area contributed by atoms with E-state index in [0.717, 1.165) is 32.1 Å². The molecule has 1 nitrogen and oxygen atoms in total. The monoisotopic (exact) mass is 334 g/mol. The van der Waals surface area contributed by atoms with E-state index in [9.17, 15) is 5.11 Å². The fourth-order valence-electron chi connectivity index (χ4n) is 2.49. The smallest absolute Gasteiger partial charge is 0.0893 e. The van der Waals surface area contributed by atoms with Crippen LogP contribution in [0.25, 0.3) is 21.5 Å². The van der Waals surface area contributed by atoms with E-state index in [-0.39, 0.29) is 0 Å². The first-order valence-corrected chi connectivity index (χ1v) is 7.56. The summed E-state index contributed by atoms with van der Waals surface area (Å²) in [6.45, 7) is 0. The highest BCUT2D eigenvalue weighted by atomic mass is 79.9. The molecule has 0 amide bonds. The molecule has 3 heteroatoms. The summed E-state index contributed by atoms with van der Waals surface area (Å²) in [6.07, 6.45) is -0.537. The van der Waals surface area contributed by atoms with Crippen LogP contribution in [-0.4, -0.2) is 10.4 Å². The summed E-state index contributed by atoms with van der Waals surface area (Å²) in [7, 11) is 0.